The average Bonchev–Trinajstić information content (AvgIpc) is 3.06. The fourth-order valence-electron chi connectivity index (χ4n) is 3.44. The lowest BCUT2D eigenvalue weighted by Crippen LogP contribution is -2.32. The highest BCUT2D eigenvalue weighted by Gasteiger charge is 2.37. The molecule has 2 aromatic heterocycles. The van der Waals surface area contributed by atoms with Gasteiger partial charge in [0.15, 0.2) is 5.78 Å². The zero-order valence-corrected chi connectivity index (χ0v) is 14.3. The summed E-state index contributed by atoms with van der Waals surface area (Å²) < 4.78 is 4.23. The van der Waals surface area contributed by atoms with Crippen LogP contribution in [0.1, 0.15) is 23.1 Å². The zero-order chi connectivity index (χ0) is 16.1. The Kier molecular flexibility index (Phi) is 3.34. The lowest BCUT2D eigenvalue weighted by molar-refractivity contribution is 0.0901. The van der Waals surface area contributed by atoms with Crippen molar-refractivity contribution in [2.24, 2.45) is 13.0 Å². The van der Waals surface area contributed by atoms with Gasteiger partial charge in [-0.2, -0.15) is 0 Å². The number of benzene rings is 1. The van der Waals surface area contributed by atoms with Crippen LogP contribution in [0.5, 0.6) is 0 Å². The zero-order valence-electron chi connectivity index (χ0n) is 13.5. The van der Waals surface area contributed by atoms with Crippen molar-refractivity contribution in [3.8, 4) is 0 Å². The molecule has 3 heterocycles. The highest BCUT2D eigenvalue weighted by Crippen LogP contribution is 2.43. The monoisotopic (exact) mass is 325 g/mol. The molecule has 0 saturated carbocycles. The van der Waals surface area contributed by atoms with E-state index in [0.29, 0.717) is 6.54 Å². The van der Waals surface area contributed by atoms with Crippen molar-refractivity contribution in [3.63, 3.8) is 0 Å². The predicted molar refractivity (Wildman–Crippen MR) is 93.0 cm³/mol. The standard InChI is InChI=1S/C18H19N3OS/c1-11-14(10-21-9-8-19-12(21)2)17(22)16-13-6-4-5-7-15(13)20(3)18(16)23-11/h4-9,11,14H,10H2,1-3H3. The summed E-state index contributed by atoms with van der Waals surface area (Å²) in [4.78, 5) is 17.5. The fourth-order valence-corrected chi connectivity index (χ4v) is 4.75. The van der Waals surface area contributed by atoms with Gasteiger partial charge in [0.1, 0.15) is 5.82 Å². The molecule has 0 amide bonds. The molecule has 2 atom stereocenters. The Morgan fingerprint density at radius 1 is 1.30 bits per heavy atom. The molecule has 4 nitrogen and oxygen atoms in total. The molecular formula is C18H19N3OS. The summed E-state index contributed by atoms with van der Waals surface area (Å²) in [5.41, 5.74) is 2.03. The maximum Gasteiger partial charge on any atom is 0.172 e. The molecule has 0 fully saturated rings. The van der Waals surface area contributed by atoms with Gasteiger partial charge in [0, 0.05) is 42.1 Å². The van der Waals surface area contributed by atoms with Gasteiger partial charge < -0.3 is 9.13 Å². The van der Waals surface area contributed by atoms with E-state index in [1.54, 1.807) is 6.20 Å². The highest BCUT2D eigenvalue weighted by molar-refractivity contribution is 8.00. The molecule has 0 bridgehead atoms. The van der Waals surface area contributed by atoms with E-state index >= 15 is 0 Å². The molecule has 3 aromatic rings. The summed E-state index contributed by atoms with van der Waals surface area (Å²) in [5.74, 6) is 1.20. The lowest BCUT2D eigenvalue weighted by Gasteiger charge is -2.28. The SMILES string of the molecule is Cc1nccn1CC1C(=O)c2c(n(C)c3ccccc23)SC1C. The normalized spacial score (nSPS) is 20.9. The average molecular weight is 325 g/mol. The minimum Gasteiger partial charge on any atom is -0.338 e. The largest absolute Gasteiger partial charge is 0.338 e. The third kappa shape index (κ3) is 2.14. The first-order valence-electron chi connectivity index (χ1n) is 7.84. The van der Waals surface area contributed by atoms with Crippen LogP contribution in [0.15, 0.2) is 41.7 Å². The number of carbonyl (C=O) groups excluding carboxylic acids is 1. The molecule has 5 heteroatoms. The Bertz CT molecular complexity index is 908. The van der Waals surface area contributed by atoms with Gasteiger partial charge in [-0.15, -0.1) is 11.8 Å². The van der Waals surface area contributed by atoms with Crippen molar-refractivity contribution in [1.82, 2.24) is 14.1 Å². The number of aryl methyl sites for hydroxylation is 2. The first-order valence-corrected chi connectivity index (χ1v) is 8.72. The summed E-state index contributed by atoms with van der Waals surface area (Å²) in [5, 5.41) is 2.42. The van der Waals surface area contributed by atoms with Gasteiger partial charge in [-0.05, 0) is 13.0 Å². The predicted octanol–water partition coefficient (Wildman–Crippen LogP) is 3.68. The minimum absolute atomic E-state index is 0.0220. The number of hydrogen-bond acceptors (Lipinski definition) is 3. The number of nitrogens with zero attached hydrogens (tertiary/aromatic N) is 3. The summed E-state index contributed by atoms with van der Waals surface area (Å²) >= 11 is 1.81. The van der Waals surface area contributed by atoms with Crippen LogP contribution >= 0.6 is 11.8 Å². The van der Waals surface area contributed by atoms with Gasteiger partial charge in [-0.3, -0.25) is 4.79 Å². The van der Waals surface area contributed by atoms with Crippen LogP contribution in [0, 0.1) is 12.8 Å². The van der Waals surface area contributed by atoms with Crippen molar-refractivity contribution < 1.29 is 4.79 Å². The second kappa shape index (κ2) is 5.27. The molecular weight excluding hydrogens is 306 g/mol. The Morgan fingerprint density at radius 2 is 2.09 bits per heavy atom. The van der Waals surface area contributed by atoms with Crippen molar-refractivity contribution in [2.45, 2.75) is 30.7 Å². The third-order valence-electron chi connectivity index (χ3n) is 4.82. The van der Waals surface area contributed by atoms with Gasteiger partial charge in [0.2, 0.25) is 0 Å². The Morgan fingerprint density at radius 3 is 2.83 bits per heavy atom. The van der Waals surface area contributed by atoms with Crippen LogP contribution in [0.2, 0.25) is 0 Å². The van der Waals surface area contributed by atoms with Gasteiger partial charge >= 0.3 is 0 Å². The van der Waals surface area contributed by atoms with Gasteiger partial charge in [-0.1, -0.05) is 25.1 Å². The number of ketones is 1. The van der Waals surface area contributed by atoms with Crippen LogP contribution in [0.4, 0.5) is 0 Å². The van der Waals surface area contributed by atoms with Gasteiger partial charge in [0.25, 0.3) is 0 Å². The van der Waals surface area contributed by atoms with E-state index in [2.05, 4.69) is 40.2 Å². The van der Waals surface area contributed by atoms with Gasteiger partial charge in [-0.25, -0.2) is 4.98 Å². The van der Waals surface area contributed by atoms with E-state index in [-0.39, 0.29) is 17.0 Å². The smallest absolute Gasteiger partial charge is 0.172 e. The Labute approximate surface area is 139 Å². The summed E-state index contributed by atoms with van der Waals surface area (Å²) in [7, 11) is 2.05. The topological polar surface area (TPSA) is 39.8 Å². The number of fused-ring (bicyclic) bond motifs is 3. The van der Waals surface area contributed by atoms with E-state index in [0.717, 1.165) is 27.3 Å². The maximum atomic E-state index is 13.2. The van der Waals surface area contributed by atoms with Crippen LogP contribution < -0.4 is 0 Å². The number of aromatic nitrogens is 3. The van der Waals surface area contributed by atoms with Crippen molar-refractivity contribution in [1.29, 1.82) is 0 Å². The first kappa shape index (κ1) is 14.6. The van der Waals surface area contributed by atoms with Crippen LogP contribution in [0.3, 0.4) is 0 Å². The molecule has 1 aliphatic heterocycles. The molecule has 0 saturated heterocycles. The molecule has 0 N–H and O–H groups in total. The minimum atomic E-state index is -0.0220. The number of para-hydroxylation sites is 1. The maximum absolute atomic E-state index is 13.2. The van der Waals surface area contributed by atoms with E-state index in [4.69, 9.17) is 0 Å². The van der Waals surface area contributed by atoms with E-state index in [1.807, 2.05) is 37.0 Å². The summed E-state index contributed by atoms with van der Waals surface area (Å²) in [6, 6.07) is 8.18. The molecule has 1 aliphatic rings. The van der Waals surface area contributed by atoms with Crippen LogP contribution in [0.25, 0.3) is 10.9 Å². The van der Waals surface area contributed by atoms with Crippen LogP contribution in [-0.4, -0.2) is 25.2 Å². The number of thioether (sulfide) groups is 1. The second-order valence-electron chi connectivity index (χ2n) is 6.18. The number of rotatable bonds is 2. The fraction of sp³-hybridized carbons (Fsp3) is 0.333. The Balaban J connectivity index is 1.81. The highest BCUT2D eigenvalue weighted by atomic mass is 32.2. The lowest BCUT2D eigenvalue weighted by atomic mass is 9.93. The number of Topliss-reactive ketones (excluding diaryl/α,β-unsaturated/α-hetero) is 1. The second-order valence-corrected chi connectivity index (χ2v) is 7.54. The van der Waals surface area contributed by atoms with Crippen molar-refractivity contribution >= 4 is 28.4 Å². The number of hydrogen-bond donors (Lipinski definition) is 0. The number of carbonyl (C=O) groups is 1. The van der Waals surface area contributed by atoms with E-state index in [9.17, 15) is 4.79 Å². The van der Waals surface area contributed by atoms with Crippen LogP contribution in [-0.2, 0) is 13.6 Å². The number of imidazole rings is 1. The van der Waals surface area contributed by atoms with Gasteiger partial charge in [0.05, 0.1) is 16.5 Å². The molecule has 23 heavy (non-hydrogen) atoms. The van der Waals surface area contributed by atoms with Crippen molar-refractivity contribution in [3.05, 3.63) is 48.0 Å². The van der Waals surface area contributed by atoms with Crippen molar-refractivity contribution in [2.75, 3.05) is 0 Å². The quantitative estimate of drug-likeness (QED) is 0.721. The summed E-state index contributed by atoms with van der Waals surface area (Å²) in [6.07, 6.45) is 3.75. The molecule has 2 unspecified atom stereocenters. The van der Waals surface area contributed by atoms with E-state index < -0.39 is 0 Å². The molecule has 0 radical (unpaired) electrons. The summed E-state index contributed by atoms with van der Waals surface area (Å²) in [6.45, 7) is 4.83. The molecule has 0 spiro atoms. The van der Waals surface area contributed by atoms with E-state index in [1.165, 1.54) is 0 Å². The first-order chi connectivity index (χ1) is 11.1. The third-order valence-corrected chi connectivity index (χ3v) is 6.22. The molecule has 1 aromatic carbocycles. The molecule has 118 valence electrons. The molecule has 4 rings (SSSR count). The molecule has 0 aliphatic carbocycles. The Hall–Kier alpha value is -2.01.